The highest BCUT2D eigenvalue weighted by atomic mass is 16.1. The maximum Gasteiger partial charge on any atom is 0.276 e. The number of ketones is 1. The molecule has 6 heteroatoms. The van der Waals surface area contributed by atoms with Gasteiger partial charge in [0.05, 0.1) is 13.0 Å². The van der Waals surface area contributed by atoms with Crippen LogP contribution in [0, 0.1) is 0 Å². The van der Waals surface area contributed by atoms with Crippen LogP contribution in [0.3, 0.4) is 0 Å². The van der Waals surface area contributed by atoms with Gasteiger partial charge in [-0.05, 0) is 13.3 Å². The van der Waals surface area contributed by atoms with Crippen molar-refractivity contribution in [3.8, 4) is 0 Å². The lowest BCUT2D eigenvalue weighted by Gasteiger charge is -2.26. The highest BCUT2D eigenvalue weighted by molar-refractivity contribution is 5.78. The van der Waals surface area contributed by atoms with Crippen molar-refractivity contribution in [2.45, 2.75) is 32.7 Å². The zero-order valence-electron chi connectivity index (χ0n) is 9.99. The van der Waals surface area contributed by atoms with E-state index in [9.17, 15) is 9.59 Å². The van der Waals surface area contributed by atoms with Gasteiger partial charge >= 0.3 is 0 Å². The summed E-state index contributed by atoms with van der Waals surface area (Å²) in [5.74, 6) is 0.789. The normalized spacial score (nSPS) is 15.3. The van der Waals surface area contributed by atoms with Crippen LogP contribution in [0.25, 0.3) is 0 Å². The molecule has 0 aliphatic carbocycles. The minimum absolute atomic E-state index is 0.0931. The standard InChI is InChI=1S/C11H16N4O2/c1-3-8(4-7(2)16)15-6-14-9-10(15)12-5-13-11(9)17/h5,8,14H,3-4,6H2,1-2H3,(H,12,13,17). The highest BCUT2D eigenvalue weighted by Crippen LogP contribution is 2.28. The number of fused-ring (bicyclic) bond motifs is 1. The van der Waals surface area contributed by atoms with Crippen molar-refractivity contribution in [1.82, 2.24) is 9.97 Å². The van der Waals surface area contributed by atoms with Crippen LogP contribution in [0.1, 0.15) is 26.7 Å². The Kier molecular flexibility index (Phi) is 3.12. The third-order valence-electron chi connectivity index (χ3n) is 2.97. The summed E-state index contributed by atoms with van der Waals surface area (Å²) in [5, 5.41) is 3.01. The molecule has 92 valence electrons. The van der Waals surface area contributed by atoms with E-state index in [-0.39, 0.29) is 17.4 Å². The van der Waals surface area contributed by atoms with E-state index in [4.69, 9.17) is 0 Å². The Bertz CT molecular complexity index is 483. The molecule has 2 rings (SSSR count). The van der Waals surface area contributed by atoms with Crippen LogP contribution in [0.15, 0.2) is 11.1 Å². The molecule has 0 bridgehead atoms. The summed E-state index contributed by atoms with van der Waals surface area (Å²) in [6.07, 6.45) is 2.71. The molecule has 1 aromatic rings. The van der Waals surface area contributed by atoms with Gasteiger partial charge < -0.3 is 15.2 Å². The number of Topliss-reactive ketones (excluding diaryl/α,β-unsaturated/α-hetero) is 1. The van der Waals surface area contributed by atoms with Gasteiger partial charge in [0.1, 0.15) is 11.5 Å². The number of hydrogen-bond donors (Lipinski definition) is 2. The highest BCUT2D eigenvalue weighted by Gasteiger charge is 2.28. The monoisotopic (exact) mass is 236 g/mol. The second kappa shape index (κ2) is 4.57. The molecule has 6 nitrogen and oxygen atoms in total. The minimum Gasteiger partial charge on any atom is -0.360 e. The van der Waals surface area contributed by atoms with Crippen molar-refractivity contribution in [2.24, 2.45) is 0 Å². The fourth-order valence-electron chi connectivity index (χ4n) is 2.12. The van der Waals surface area contributed by atoms with Gasteiger partial charge in [-0.1, -0.05) is 6.92 Å². The number of carbonyl (C=O) groups is 1. The molecule has 0 saturated carbocycles. The molecule has 1 atom stereocenters. The van der Waals surface area contributed by atoms with E-state index in [0.29, 0.717) is 24.6 Å². The predicted molar refractivity (Wildman–Crippen MR) is 65.2 cm³/mol. The quantitative estimate of drug-likeness (QED) is 0.805. The number of aromatic nitrogens is 2. The molecule has 0 fully saturated rings. The fourth-order valence-corrected chi connectivity index (χ4v) is 2.12. The van der Waals surface area contributed by atoms with Crippen molar-refractivity contribution >= 4 is 17.3 Å². The second-order valence-corrected chi connectivity index (χ2v) is 4.20. The Morgan fingerprint density at radius 1 is 1.65 bits per heavy atom. The van der Waals surface area contributed by atoms with Crippen LogP contribution >= 0.6 is 0 Å². The van der Waals surface area contributed by atoms with Crippen molar-refractivity contribution in [2.75, 3.05) is 16.9 Å². The maximum absolute atomic E-state index is 11.5. The van der Waals surface area contributed by atoms with Gasteiger partial charge in [0.15, 0.2) is 5.82 Å². The molecular formula is C11H16N4O2. The summed E-state index contributed by atoms with van der Waals surface area (Å²) in [6, 6.07) is 0.0931. The number of hydrogen-bond acceptors (Lipinski definition) is 5. The zero-order valence-corrected chi connectivity index (χ0v) is 9.99. The summed E-state index contributed by atoms with van der Waals surface area (Å²) >= 11 is 0. The summed E-state index contributed by atoms with van der Waals surface area (Å²) in [4.78, 5) is 31.4. The SMILES string of the molecule is CCC(CC(C)=O)N1CNc2c1nc[nH]c2=O. The van der Waals surface area contributed by atoms with Gasteiger partial charge in [0.25, 0.3) is 5.56 Å². The molecule has 1 unspecified atom stereocenters. The van der Waals surface area contributed by atoms with E-state index in [1.54, 1.807) is 6.92 Å². The molecule has 0 amide bonds. The first-order chi connectivity index (χ1) is 8.13. The molecule has 17 heavy (non-hydrogen) atoms. The van der Waals surface area contributed by atoms with Gasteiger partial charge in [0, 0.05) is 12.5 Å². The first kappa shape index (κ1) is 11.6. The van der Waals surface area contributed by atoms with Gasteiger partial charge in [0.2, 0.25) is 0 Å². The first-order valence-corrected chi connectivity index (χ1v) is 5.71. The zero-order chi connectivity index (χ0) is 12.4. The fraction of sp³-hybridized carbons (Fsp3) is 0.545. The largest absolute Gasteiger partial charge is 0.360 e. The Morgan fingerprint density at radius 3 is 3.06 bits per heavy atom. The molecule has 1 aliphatic heterocycles. The molecule has 2 N–H and O–H groups in total. The number of anilines is 2. The number of rotatable bonds is 4. The predicted octanol–water partition coefficient (Wildman–Crippen LogP) is 0.717. The van der Waals surface area contributed by atoms with Crippen LogP contribution in [0.4, 0.5) is 11.5 Å². The summed E-state index contributed by atoms with van der Waals surface area (Å²) in [7, 11) is 0. The molecule has 1 aliphatic rings. The average Bonchev–Trinajstić information content (AvgIpc) is 2.71. The number of carbonyl (C=O) groups excluding carboxylic acids is 1. The van der Waals surface area contributed by atoms with E-state index >= 15 is 0 Å². The summed E-state index contributed by atoms with van der Waals surface area (Å²) in [6.45, 7) is 4.14. The molecule has 1 aromatic heterocycles. The van der Waals surface area contributed by atoms with Crippen molar-refractivity contribution < 1.29 is 4.79 Å². The molecular weight excluding hydrogens is 220 g/mol. The smallest absolute Gasteiger partial charge is 0.276 e. The van der Waals surface area contributed by atoms with E-state index in [0.717, 1.165) is 6.42 Å². The number of aromatic amines is 1. The van der Waals surface area contributed by atoms with Gasteiger partial charge in [-0.2, -0.15) is 0 Å². The Balaban J connectivity index is 2.29. The van der Waals surface area contributed by atoms with Crippen LogP contribution < -0.4 is 15.8 Å². The Morgan fingerprint density at radius 2 is 2.41 bits per heavy atom. The Labute approximate surface area is 99.1 Å². The lowest BCUT2D eigenvalue weighted by Crippen LogP contribution is -2.36. The third kappa shape index (κ3) is 2.15. The molecule has 0 radical (unpaired) electrons. The second-order valence-electron chi connectivity index (χ2n) is 4.20. The molecule has 0 saturated heterocycles. The number of H-pyrrole nitrogens is 1. The number of nitrogens with zero attached hydrogens (tertiary/aromatic N) is 2. The van der Waals surface area contributed by atoms with Crippen molar-refractivity contribution in [1.29, 1.82) is 0 Å². The van der Waals surface area contributed by atoms with Crippen LogP contribution in [-0.4, -0.2) is 28.5 Å². The number of nitrogens with one attached hydrogen (secondary N) is 2. The Hall–Kier alpha value is -1.85. The maximum atomic E-state index is 11.5. The molecule has 2 heterocycles. The minimum atomic E-state index is -0.171. The van der Waals surface area contributed by atoms with Crippen LogP contribution in [-0.2, 0) is 4.79 Å². The van der Waals surface area contributed by atoms with Crippen molar-refractivity contribution in [3.63, 3.8) is 0 Å². The van der Waals surface area contributed by atoms with Crippen LogP contribution in [0.5, 0.6) is 0 Å². The lowest BCUT2D eigenvalue weighted by molar-refractivity contribution is -0.117. The molecule has 0 aromatic carbocycles. The van der Waals surface area contributed by atoms with E-state index in [1.165, 1.54) is 6.33 Å². The summed E-state index contributed by atoms with van der Waals surface area (Å²) < 4.78 is 0. The van der Waals surface area contributed by atoms with Crippen LogP contribution in [0.2, 0.25) is 0 Å². The van der Waals surface area contributed by atoms with Crippen molar-refractivity contribution in [3.05, 3.63) is 16.7 Å². The summed E-state index contributed by atoms with van der Waals surface area (Å²) in [5.41, 5.74) is 0.324. The molecule has 0 spiro atoms. The third-order valence-corrected chi connectivity index (χ3v) is 2.97. The first-order valence-electron chi connectivity index (χ1n) is 5.71. The van der Waals surface area contributed by atoms with Gasteiger partial charge in [-0.15, -0.1) is 0 Å². The van der Waals surface area contributed by atoms with E-state index in [2.05, 4.69) is 15.3 Å². The van der Waals surface area contributed by atoms with E-state index < -0.39 is 0 Å². The van der Waals surface area contributed by atoms with E-state index in [1.807, 2.05) is 11.8 Å². The topological polar surface area (TPSA) is 78.1 Å². The lowest BCUT2D eigenvalue weighted by atomic mass is 10.1. The van der Waals surface area contributed by atoms with Gasteiger partial charge in [-0.3, -0.25) is 9.59 Å². The van der Waals surface area contributed by atoms with Gasteiger partial charge in [-0.25, -0.2) is 4.98 Å². The average molecular weight is 236 g/mol.